The smallest absolute Gasteiger partial charge is 0.137 e. The van der Waals surface area contributed by atoms with Gasteiger partial charge in [-0.05, 0) is 31.6 Å². The second-order valence-corrected chi connectivity index (χ2v) is 6.05. The lowest BCUT2D eigenvalue weighted by Gasteiger charge is -2.19. The number of anilines is 1. The van der Waals surface area contributed by atoms with E-state index in [0.29, 0.717) is 11.2 Å². The topological polar surface area (TPSA) is 37.8 Å². The van der Waals surface area contributed by atoms with Crippen LogP contribution >= 0.6 is 11.6 Å². The predicted molar refractivity (Wildman–Crippen MR) is 80.7 cm³/mol. The van der Waals surface area contributed by atoms with Crippen molar-refractivity contribution < 1.29 is 0 Å². The lowest BCUT2D eigenvalue weighted by molar-refractivity contribution is 0.501. The van der Waals surface area contributed by atoms with Crippen LogP contribution in [0.1, 0.15) is 57.9 Å². The maximum atomic E-state index is 6.19. The summed E-state index contributed by atoms with van der Waals surface area (Å²) >= 11 is 6.19. The molecule has 1 saturated carbocycles. The highest BCUT2D eigenvalue weighted by molar-refractivity contribution is 6.30. The average molecular weight is 282 g/mol. The van der Waals surface area contributed by atoms with Crippen molar-refractivity contribution in [1.82, 2.24) is 9.97 Å². The third kappa shape index (κ3) is 4.07. The van der Waals surface area contributed by atoms with Crippen LogP contribution in [0.15, 0.2) is 6.33 Å². The summed E-state index contributed by atoms with van der Waals surface area (Å²) in [6.45, 7) is 4.51. The van der Waals surface area contributed by atoms with Crippen LogP contribution in [0.25, 0.3) is 0 Å². The fourth-order valence-electron chi connectivity index (χ4n) is 2.81. The van der Waals surface area contributed by atoms with Crippen molar-refractivity contribution in [2.45, 2.75) is 64.8 Å². The van der Waals surface area contributed by atoms with E-state index in [4.69, 9.17) is 11.6 Å². The molecule has 1 aliphatic rings. The molecule has 3 nitrogen and oxygen atoms in total. The maximum Gasteiger partial charge on any atom is 0.137 e. The van der Waals surface area contributed by atoms with Gasteiger partial charge in [-0.1, -0.05) is 44.7 Å². The molecule has 0 aliphatic heterocycles. The number of hydrogen-bond donors (Lipinski definition) is 1. The first-order valence-electron chi connectivity index (χ1n) is 7.46. The summed E-state index contributed by atoms with van der Waals surface area (Å²) in [6.07, 6.45) is 9.98. The van der Waals surface area contributed by atoms with Crippen LogP contribution in [0.2, 0.25) is 5.15 Å². The molecule has 106 valence electrons. The maximum absolute atomic E-state index is 6.19. The van der Waals surface area contributed by atoms with E-state index in [1.54, 1.807) is 6.33 Å². The largest absolute Gasteiger partial charge is 0.367 e. The van der Waals surface area contributed by atoms with Gasteiger partial charge in [0, 0.05) is 11.6 Å². The molecule has 2 atom stereocenters. The molecule has 1 heterocycles. The van der Waals surface area contributed by atoms with Crippen LogP contribution < -0.4 is 5.32 Å². The van der Waals surface area contributed by atoms with Gasteiger partial charge in [-0.15, -0.1) is 0 Å². The summed E-state index contributed by atoms with van der Waals surface area (Å²) in [5.74, 6) is 1.80. The molecule has 1 fully saturated rings. The van der Waals surface area contributed by atoms with Gasteiger partial charge in [0.25, 0.3) is 0 Å². The molecular formula is C15H24ClN3. The van der Waals surface area contributed by atoms with Gasteiger partial charge in [0.1, 0.15) is 17.3 Å². The predicted octanol–water partition coefficient (Wildman–Crippen LogP) is 4.46. The van der Waals surface area contributed by atoms with Crippen LogP contribution in [0.5, 0.6) is 0 Å². The van der Waals surface area contributed by atoms with Crippen LogP contribution in [-0.4, -0.2) is 16.0 Å². The second-order valence-electron chi connectivity index (χ2n) is 5.70. The minimum atomic E-state index is 0.534. The molecule has 2 rings (SSSR count). The van der Waals surface area contributed by atoms with E-state index in [-0.39, 0.29) is 0 Å². The van der Waals surface area contributed by atoms with Gasteiger partial charge in [0.05, 0.1) is 0 Å². The van der Waals surface area contributed by atoms with E-state index < -0.39 is 0 Å². The first-order valence-corrected chi connectivity index (χ1v) is 7.84. The Morgan fingerprint density at radius 3 is 2.89 bits per heavy atom. The van der Waals surface area contributed by atoms with Gasteiger partial charge in [-0.25, -0.2) is 9.97 Å². The standard InChI is InChI=1S/C15H24ClN3/c1-3-5-13-14(16)17-10-18-15(13)19-12-7-4-6-11(2)8-9-12/h10-12H,3-9H2,1-2H3,(H,17,18,19). The molecule has 0 bridgehead atoms. The van der Waals surface area contributed by atoms with Crippen LogP contribution in [-0.2, 0) is 6.42 Å². The number of nitrogens with zero attached hydrogens (tertiary/aromatic N) is 2. The van der Waals surface area contributed by atoms with E-state index in [2.05, 4.69) is 29.1 Å². The highest BCUT2D eigenvalue weighted by atomic mass is 35.5. The summed E-state index contributed by atoms with van der Waals surface area (Å²) < 4.78 is 0. The Labute approximate surface area is 121 Å². The van der Waals surface area contributed by atoms with Crippen molar-refractivity contribution in [3.63, 3.8) is 0 Å². The molecule has 1 aromatic rings. The minimum Gasteiger partial charge on any atom is -0.367 e. The Morgan fingerprint density at radius 1 is 1.26 bits per heavy atom. The number of nitrogens with one attached hydrogen (secondary N) is 1. The zero-order valence-electron chi connectivity index (χ0n) is 12.0. The van der Waals surface area contributed by atoms with Crippen molar-refractivity contribution in [3.8, 4) is 0 Å². The number of halogens is 1. The molecule has 0 saturated heterocycles. The molecule has 1 N–H and O–H groups in total. The molecule has 2 unspecified atom stereocenters. The first-order chi connectivity index (χ1) is 9.20. The molecule has 0 spiro atoms. The Hall–Kier alpha value is -0.830. The average Bonchev–Trinajstić information content (AvgIpc) is 2.59. The van der Waals surface area contributed by atoms with Gasteiger partial charge in [0.15, 0.2) is 0 Å². The number of aromatic nitrogens is 2. The highest BCUT2D eigenvalue weighted by Crippen LogP contribution is 2.27. The van der Waals surface area contributed by atoms with Gasteiger partial charge in [-0.2, -0.15) is 0 Å². The highest BCUT2D eigenvalue weighted by Gasteiger charge is 2.18. The van der Waals surface area contributed by atoms with Crippen LogP contribution in [0, 0.1) is 5.92 Å². The molecule has 0 amide bonds. The lowest BCUT2D eigenvalue weighted by Crippen LogP contribution is -2.20. The quantitative estimate of drug-likeness (QED) is 0.654. The van der Waals surface area contributed by atoms with Gasteiger partial charge < -0.3 is 5.32 Å². The normalized spacial score (nSPS) is 23.9. The number of hydrogen-bond acceptors (Lipinski definition) is 3. The Balaban J connectivity index is 2.07. The molecule has 0 aromatic carbocycles. The van der Waals surface area contributed by atoms with Crippen molar-refractivity contribution in [2.75, 3.05) is 5.32 Å². The van der Waals surface area contributed by atoms with Gasteiger partial charge in [0.2, 0.25) is 0 Å². The van der Waals surface area contributed by atoms with Gasteiger partial charge >= 0.3 is 0 Å². The van der Waals surface area contributed by atoms with Crippen LogP contribution in [0.4, 0.5) is 5.82 Å². The lowest BCUT2D eigenvalue weighted by atomic mass is 10.0. The first kappa shape index (κ1) is 14.6. The van der Waals surface area contributed by atoms with E-state index in [0.717, 1.165) is 30.1 Å². The molecule has 1 aromatic heterocycles. The summed E-state index contributed by atoms with van der Waals surface area (Å²) in [7, 11) is 0. The fraction of sp³-hybridized carbons (Fsp3) is 0.733. The van der Waals surface area contributed by atoms with Crippen molar-refractivity contribution >= 4 is 17.4 Å². The Kier molecular flexibility index (Phi) is 5.44. The van der Waals surface area contributed by atoms with E-state index >= 15 is 0 Å². The van der Waals surface area contributed by atoms with Crippen molar-refractivity contribution in [2.24, 2.45) is 5.92 Å². The molecule has 0 radical (unpaired) electrons. The van der Waals surface area contributed by atoms with Gasteiger partial charge in [-0.3, -0.25) is 0 Å². The van der Waals surface area contributed by atoms with E-state index in [1.807, 2.05) is 0 Å². The molecule has 4 heteroatoms. The monoisotopic (exact) mass is 281 g/mol. The third-order valence-electron chi connectivity index (χ3n) is 3.99. The second kappa shape index (κ2) is 7.09. The zero-order valence-corrected chi connectivity index (χ0v) is 12.7. The van der Waals surface area contributed by atoms with E-state index in [1.165, 1.54) is 32.1 Å². The Morgan fingerprint density at radius 2 is 2.11 bits per heavy atom. The van der Waals surface area contributed by atoms with E-state index in [9.17, 15) is 0 Å². The van der Waals surface area contributed by atoms with Crippen molar-refractivity contribution in [3.05, 3.63) is 17.0 Å². The molecule has 19 heavy (non-hydrogen) atoms. The summed E-state index contributed by atoms with van der Waals surface area (Å²) in [6, 6.07) is 0.534. The summed E-state index contributed by atoms with van der Waals surface area (Å²) in [5, 5.41) is 4.20. The SMILES string of the molecule is CCCc1c(Cl)ncnc1NC1CCCC(C)CC1. The molecular weight excluding hydrogens is 258 g/mol. The fourth-order valence-corrected chi connectivity index (χ4v) is 3.04. The zero-order chi connectivity index (χ0) is 13.7. The number of rotatable bonds is 4. The summed E-state index contributed by atoms with van der Waals surface area (Å²) in [5.41, 5.74) is 1.07. The van der Waals surface area contributed by atoms with Crippen molar-refractivity contribution in [1.29, 1.82) is 0 Å². The molecule has 1 aliphatic carbocycles. The minimum absolute atomic E-state index is 0.534. The van der Waals surface area contributed by atoms with Crippen LogP contribution in [0.3, 0.4) is 0 Å². The third-order valence-corrected chi connectivity index (χ3v) is 4.32. The summed E-state index contributed by atoms with van der Waals surface area (Å²) in [4.78, 5) is 8.49. The Bertz CT molecular complexity index is 408.